The molecular formula is C12H7F3N2O. The Kier molecular flexibility index (Phi) is 3.96. The van der Waals surface area contributed by atoms with Crippen molar-refractivity contribution in [2.45, 2.75) is 12.6 Å². The van der Waals surface area contributed by atoms with Gasteiger partial charge in [-0.05, 0) is 18.2 Å². The van der Waals surface area contributed by atoms with Crippen molar-refractivity contribution in [1.82, 2.24) is 0 Å². The van der Waals surface area contributed by atoms with Gasteiger partial charge in [0.25, 0.3) is 0 Å². The summed E-state index contributed by atoms with van der Waals surface area (Å²) in [4.78, 5) is 10.4. The third-order valence-corrected chi connectivity index (χ3v) is 1.94. The number of benzene rings is 1. The van der Waals surface area contributed by atoms with Crippen molar-refractivity contribution in [1.29, 1.82) is 5.26 Å². The number of primary amides is 1. The molecular weight excluding hydrogens is 245 g/mol. The summed E-state index contributed by atoms with van der Waals surface area (Å²) in [5.41, 5.74) is 3.39. The molecule has 0 heterocycles. The van der Waals surface area contributed by atoms with Gasteiger partial charge in [0.2, 0.25) is 5.91 Å². The van der Waals surface area contributed by atoms with Crippen LogP contribution in [-0.4, -0.2) is 5.91 Å². The number of alkyl halides is 3. The summed E-state index contributed by atoms with van der Waals surface area (Å²) in [6.07, 6.45) is -4.85. The highest BCUT2D eigenvalue weighted by Crippen LogP contribution is 2.32. The smallest absolute Gasteiger partial charge is 0.369 e. The number of halogens is 3. The summed E-state index contributed by atoms with van der Waals surface area (Å²) in [5, 5.41) is 8.57. The predicted molar refractivity (Wildman–Crippen MR) is 56.8 cm³/mol. The van der Waals surface area contributed by atoms with Crippen LogP contribution in [0.4, 0.5) is 13.2 Å². The molecule has 0 unspecified atom stereocenters. The zero-order valence-corrected chi connectivity index (χ0v) is 9.01. The number of hydrogen-bond donors (Lipinski definition) is 1. The van der Waals surface area contributed by atoms with Gasteiger partial charge in [-0.15, -0.1) is 0 Å². The van der Waals surface area contributed by atoms with E-state index in [2.05, 4.69) is 11.8 Å². The van der Waals surface area contributed by atoms with Crippen LogP contribution in [0.15, 0.2) is 18.2 Å². The van der Waals surface area contributed by atoms with Crippen molar-refractivity contribution in [2.75, 3.05) is 0 Å². The van der Waals surface area contributed by atoms with E-state index < -0.39 is 23.2 Å². The Morgan fingerprint density at radius 2 is 2.06 bits per heavy atom. The summed E-state index contributed by atoms with van der Waals surface area (Å²) in [6, 6.07) is 4.55. The third kappa shape index (κ3) is 3.53. The van der Waals surface area contributed by atoms with Crippen molar-refractivity contribution < 1.29 is 18.0 Å². The molecule has 0 saturated carbocycles. The van der Waals surface area contributed by atoms with Gasteiger partial charge in [-0.2, -0.15) is 18.4 Å². The molecule has 6 heteroatoms. The summed E-state index contributed by atoms with van der Waals surface area (Å²) in [5.74, 6) is 4.06. The maximum Gasteiger partial charge on any atom is 0.417 e. The van der Waals surface area contributed by atoms with E-state index in [0.29, 0.717) is 0 Å². The lowest BCUT2D eigenvalue weighted by Gasteiger charge is -2.08. The Hall–Kier alpha value is -2.47. The standard InChI is InChI=1S/C12H7F3N2O/c13-12(14,15)10-6-8(2-1-3-11(17)18)4-5-9(10)7-16/h4-6H,3H2,(H2,17,18). The molecule has 92 valence electrons. The molecule has 1 aromatic rings. The Balaban J connectivity index is 3.15. The van der Waals surface area contributed by atoms with Crippen LogP contribution in [0.3, 0.4) is 0 Å². The van der Waals surface area contributed by atoms with Crippen LogP contribution < -0.4 is 5.73 Å². The first kappa shape index (κ1) is 13.6. The van der Waals surface area contributed by atoms with Gasteiger partial charge < -0.3 is 5.73 Å². The van der Waals surface area contributed by atoms with E-state index in [9.17, 15) is 18.0 Å². The number of nitrogens with two attached hydrogens (primary N) is 1. The summed E-state index contributed by atoms with van der Waals surface area (Å²) < 4.78 is 37.8. The summed E-state index contributed by atoms with van der Waals surface area (Å²) >= 11 is 0. The quantitative estimate of drug-likeness (QED) is 0.774. The lowest BCUT2D eigenvalue weighted by atomic mass is 10.0. The molecule has 1 rings (SSSR count). The van der Waals surface area contributed by atoms with Gasteiger partial charge in [-0.3, -0.25) is 4.79 Å². The molecule has 0 radical (unpaired) electrons. The number of nitriles is 1. The minimum Gasteiger partial charge on any atom is -0.369 e. The van der Waals surface area contributed by atoms with Crippen LogP contribution in [0, 0.1) is 23.2 Å². The zero-order chi connectivity index (χ0) is 13.8. The minimum atomic E-state index is -4.62. The number of amides is 1. The van der Waals surface area contributed by atoms with Crippen LogP contribution >= 0.6 is 0 Å². The lowest BCUT2D eigenvalue weighted by molar-refractivity contribution is -0.137. The Morgan fingerprint density at radius 1 is 1.39 bits per heavy atom. The van der Waals surface area contributed by atoms with Crippen LogP contribution in [0.5, 0.6) is 0 Å². The van der Waals surface area contributed by atoms with Crippen molar-refractivity contribution >= 4 is 5.91 Å². The van der Waals surface area contributed by atoms with Gasteiger partial charge in [-0.25, -0.2) is 0 Å². The molecule has 18 heavy (non-hydrogen) atoms. The van der Waals surface area contributed by atoms with Gasteiger partial charge in [0.1, 0.15) is 0 Å². The predicted octanol–water partition coefficient (Wildman–Crippen LogP) is 1.80. The summed E-state index contributed by atoms with van der Waals surface area (Å²) in [6.45, 7) is 0. The van der Waals surface area contributed by atoms with Crippen LogP contribution in [0.2, 0.25) is 0 Å². The highest BCUT2D eigenvalue weighted by molar-refractivity contribution is 5.76. The van der Waals surface area contributed by atoms with Crippen molar-refractivity contribution in [3.63, 3.8) is 0 Å². The van der Waals surface area contributed by atoms with E-state index >= 15 is 0 Å². The van der Waals surface area contributed by atoms with Gasteiger partial charge in [0.05, 0.1) is 23.6 Å². The van der Waals surface area contributed by atoms with Crippen molar-refractivity contribution in [3.05, 3.63) is 34.9 Å². The van der Waals surface area contributed by atoms with Gasteiger partial charge in [0, 0.05) is 5.56 Å². The molecule has 2 N–H and O–H groups in total. The second-order valence-corrected chi connectivity index (χ2v) is 3.31. The second-order valence-electron chi connectivity index (χ2n) is 3.31. The van der Waals surface area contributed by atoms with Gasteiger partial charge in [0.15, 0.2) is 0 Å². The fourth-order valence-electron chi connectivity index (χ4n) is 1.19. The third-order valence-electron chi connectivity index (χ3n) is 1.94. The van der Waals surface area contributed by atoms with E-state index in [-0.39, 0.29) is 12.0 Å². The summed E-state index contributed by atoms with van der Waals surface area (Å²) in [7, 11) is 0. The van der Waals surface area contributed by atoms with Crippen LogP contribution in [0.25, 0.3) is 0 Å². The number of hydrogen-bond acceptors (Lipinski definition) is 2. The second kappa shape index (κ2) is 5.24. The molecule has 3 nitrogen and oxygen atoms in total. The fraction of sp³-hybridized carbons (Fsp3) is 0.167. The molecule has 0 atom stereocenters. The first-order valence-corrected chi connectivity index (χ1v) is 4.73. The average Bonchev–Trinajstić information content (AvgIpc) is 2.27. The number of rotatable bonds is 1. The van der Waals surface area contributed by atoms with E-state index in [1.807, 2.05) is 0 Å². The van der Waals surface area contributed by atoms with Gasteiger partial charge >= 0.3 is 6.18 Å². The highest BCUT2D eigenvalue weighted by Gasteiger charge is 2.33. The highest BCUT2D eigenvalue weighted by atomic mass is 19.4. The zero-order valence-electron chi connectivity index (χ0n) is 9.01. The van der Waals surface area contributed by atoms with E-state index in [1.165, 1.54) is 12.1 Å². The largest absolute Gasteiger partial charge is 0.417 e. The molecule has 1 aromatic carbocycles. The molecule has 0 aliphatic carbocycles. The normalized spacial score (nSPS) is 10.1. The topological polar surface area (TPSA) is 66.9 Å². The number of carbonyl (C=O) groups excluding carboxylic acids is 1. The molecule has 0 fully saturated rings. The molecule has 0 spiro atoms. The Labute approximate surface area is 101 Å². The Morgan fingerprint density at radius 3 is 2.56 bits per heavy atom. The molecule has 0 aliphatic rings. The van der Waals surface area contributed by atoms with Crippen molar-refractivity contribution in [3.8, 4) is 17.9 Å². The average molecular weight is 252 g/mol. The monoisotopic (exact) mass is 252 g/mol. The first-order valence-electron chi connectivity index (χ1n) is 4.73. The van der Waals surface area contributed by atoms with Gasteiger partial charge in [-0.1, -0.05) is 11.8 Å². The lowest BCUT2D eigenvalue weighted by Crippen LogP contribution is -2.09. The Bertz CT molecular complexity index is 574. The van der Waals surface area contributed by atoms with E-state index in [1.54, 1.807) is 0 Å². The number of nitrogens with zero attached hydrogens (tertiary/aromatic N) is 1. The maximum absolute atomic E-state index is 12.6. The molecule has 0 bridgehead atoms. The molecule has 0 saturated heterocycles. The van der Waals surface area contributed by atoms with E-state index in [4.69, 9.17) is 11.0 Å². The van der Waals surface area contributed by atoms with Crippen molar-refractivity contribution in [2.24, 2.45) is 5.73 Å². The minimum absolute atomic E-state index is 0.0718. The molecule has 0 aromatic heterocycles. The molecule has 1 amide bonds. The SMILES string of the molecule is N#Cc1ccc(C#CCC(N)=O)cc1C(F)(F)F. The fourth-order valence-corrected chi connectivity index (χ4v) is 1.19. The number of carbonyl (C=O) groups is 1. The van der Waals surface area contributed by atoms with Crippen LogP contribution in [-0.2, 0) is 11.0 Å². The van der Waals surface area contributed by atoms with Crippen LogP contribution in [0.1, 0.15) is 23.1 Å². The van der Waals surface area contributed by atoms with E-state index in [0.717, 1.165) is 12.1 Å². The molecule has 0 aliphatic heterocycles. The maximum atomic E-state index is 12.6. The first-order chi connectivity index (χ1) is 8.34.